The largest absolute Gasteiger partial charge is 0.508 e. The van der Waals surface area contributed by atoms with Crippen molar-refractivity contribution in [2.45, 2.75) is 19.4 Å². The predicted molar refractivity (Wildman–Crippen MR) is 61.5 cm³/mol. The quantitative estimate of drug-likeness (QED) is 0.536. The van der Waals surface area contributed by atoms with Crippen molar-refractivity contribution in [1.82, 2.24) is 5.32 Å². The Bertz CT molecular complexity index is 401. The molecule has 0 spiro atoms. The number of carbonyl (C=O) groups excluding carboxylic acids is 1. The summed E-state index contributed by atoms with van der Waals surface area (Å²) in [6.45, 7) is 5.40. The van der Waals surface area contributed by atoms with Crippen LogP contribution in [0.1, 0.15) is 23.7 Å². The minimum Gasteiger partial charge on any atom is -0.508 e. The average molecular weight is 221 g/mol. The summed E-state index contributed by atoms with van der Waals surface area (Å²) in [4.78, 5) is 11.7. The fourth-order valence-corrected chi connectivity index (χ4v) is 1.32. The smallest absolute Gasteiger partial charge is 0.255 e. The minimum atomic E-state index is -0.414. The lowest BCUT2D eigenvalue weighted by atomic mass is 10.1. The lowest BCUT2D eigenvalue weighted by molar-refractivity contribution is 0.0937. The van der Waals surface area contributed by atoms with E-state index in [0.717, 1.165) is 0 Å². The maximum absolute atomic E-state index is 11.7. The van der Waals surface area contributed by atoms with Gasteiger partial charge in [-0.15, -0.1) is 6.58 Å². The van der Waals surface area contributed by atoms with Gasteiger partial charge in [0.1, 0.15) is 11.5 Å². The van der Waals surface area contributed by atoms with Gasteiger partial charge in [-0.1, -0.05) is 6.08 Å². The van der Waals surface area contributed by atoms with E-state index in [-0.39, 0.29) is 23.1 Å². The molecule has 1 aromatic carbocycles. The topological polar surface area (TPSA) is 69.6 Å². The van der Waals surface area contributed by atoms with E-state index in [9.17, 15) is 15.0 Å². The van der Waals surface area contributed by atoms with Crippen molar-refractivity contribution in [3.05, 3.63) is 36.4 Å². The summed E-state index contributed by atoms with van der Waals surface area (Å²) >= 11 is 0. The highest BCUT2D eigenvalue weighted by Crippen LogP contribution is 2.21. The predicted octanol–water partition coefficient (Wildman–Crippen LogP) is 1.79. The van der Waals surface area contributed by atoms with Crippen molar-refractivity contribution < 1.29 is 15.0 Å². The summed E-state index contributed by atoms with van der Waals surface area (Å²) in [6.07, 6.45) is 2.35. The maximum Gasteiger partial charge on any atom is 0.255 e. The van der Waals surface area contributed by atoms with E-state index in [4.69, 9.17) is 0 Å². The minimum absolute atomic E-state index is 0.0562. The van der Waals surface area contributed by atoms with E-state index < -0.39 is 5.91 Å². The Hall–Kier alpha value is -1.97. The number of hydrogen-bond donors (Lipinski definition) is 3. The van der Waals surface area contributed by atoms with E-state index in [0.29, 0.717) is 6.42 Å². The van der Waals surface area contributed by atoms with Gasteiger partial charge in [0, 0.05) is 6.04 Å². The van der Waals surface area contributed by atoms with Gasteiger partial charge >= 0.3 is 0 Å². The lowest BCUT2D eigenvalue weighted by Gasteiger charge is -2.12. The first-order chi connectivity index (χ1) is 7.54. The molecule has 0 saturated carbocycles. The first-order valence-electron chi connectivity index (χ1n) is 4.98. The van der Waals surface area contributed by atoms with Crippen LogP contribution in [0.5, 0.6) is 11.5 Å². The number of hydrogen-bond acceptors (Lipinski definition) is 3. The van der Waals surface area contributed by atoms with Gasteiger partial charge in [0.2, 0.25) is 0 Å². The summed E-state index contributed by atoms with van der Waals surface area (Å²) in [5.41, 5.74) is 0.0657. The molecular weight excluding hydrogens is 206 g/mol. The number of phenolic OH excluding ortho intramolecular Hbond substituents is 2. The van der Waals surface area contributed by atoms with Crippen molar-refractivity contribution in [3.63, 3.8) is 0 Å². The standard InChI is InChI=1S/C12H15NO3/c1-3-4-8(2)13-12(16)10-7-9(14)5-6-11(10)15/h3,5-8,14-15H,1,4H2,2H3,(H,13,16). The van der Waals surface area contributed by atoms with Crippen LogP contribution in [0, 0.1) is 0 Å². The number of amides is 1. The molecule has 4 heteroatoms. The molecule has 1 atom stereocenters. The fourth-order valence-electron chi connectivity index (χ4n) is 1.32. The van der Waals surface area contributed by atoms with Gasteiger partial charge < -0.3 is 15.5 Å². The second kappa shape index (κ2) is 5.21. The normalized spacial score (nSPS) is 11.8. The van der Waals surface area contributed by atoms with Crippen LogP contribution in [-0.4, -0.2) is 22.2 Å². The zero-order valence-corrected chi connectivity index (χ0v) is 9.10. The van der Waals surface area contributed by atoms with Crippen LogP contribution in [0.2, 0.25) is 0 Å². The fraction of sp³-hybridized carbons (Fsp3) is 0.250. The molecule has 0 radical (unpaired) electrons. The number of carbonyl (C=O) groups is 1. The highest BCUT2D eigenvalue weighted by molar-refractivity contribution is 5.97. The van der Waals surface area contributed by atoms with Gasteiger partial charge in [-0.25, -0.2) is 0 Å². The van der Waals surface area contributed by atoms with Gasteiger partial charge in [0.05, 0.1) is 5.56 Å². The van der Waals surface area contributed by atoms with Gasteiger partial charge in [-0.3, -0.25) is 4.79 Å². The first-order valence-corrected chi connectivity index (χ1v) is 4.98. The van der Waals surface area contributed by atoms with E-state index in [2.05, 4.69) is 11.9 Å². The molecular formula is C12H15NO3. The van der Waals surface area contributed by atoms with Crippen LogP contribution in [0.15, 0.2) is 30.9 Å². The Morgan fingerprint density at radius 1 is 1.56 bits per heavy atom. The zero-order chi connectivity index (χ0) is 12.1. The molecule has 0 aliphatic heterocycles. The van der Waals surface area contributed by atoms with Crippen LogP contribution in [0.4, 0.5) is 0 Å². The lowest BCUT2D eigenvalue weighted by Crippen LogP contribution is -2.32. The Balaban J connectivity index is 2.80. The molecule has 1 amide bonds. The van der Waals surface area contributed by atoms with Gasteiger partial charge in [-0.05, 0) is 31.5 Å². The highest BCUT2D eigenvalue weighted by atomic mass is 16.3. The molecule has 3 N–H and O–H groups in total. The van der Waals surface area contributed by atoms with E-state index >= 15 is 0 Å². The van der Waals surface area contributed by atoms with E-state index in [1.807, 2.05) is 6.92 Å². The number of phenols is 2. The molecule has 0 aliphatic rings. The van der Waals surface area contributed by atoms with E-state index in [1.165, 1.54) is 18.2 Å². The summed E-state index contributed by atoms with van der Waals surface area (Å²) in [5, 5.41) is 21.4. The van der Waals surface area contributed by atoms with Crippen molar-refractivity contribution in [2.75, 3.05) is 0 Å². The van der Waals surface area contributed by atoms with Crippen molar-refractivity contribution >= 4 is 5.91 Å². The maximum atomic E-state index is 11.7. The number of benzene rings is 1. The number of aromatic hydroxyl groups is 2. The third kappa shape index (κ3) is 3.02. The molecule has 0 saturated heterocycles. The molecule has 86 valence electrons. The number of rotatable bonds is 4. The summed E-state index contributed by atoms with van der Waals surface area (Å²) in [5.74, 6) is -0.622. The Labute approximate surface area is 94.2 Å². The Morgan fingerprint density at radius 2 is 2.25 bits per heavy atom. The zero-order valence-electron chi connectivity index (χ0n) is 9.10. The van der Waals surface area contributed by atoms with Crippen LogP contribution < -0.4 is 5.32 Å². The SMILES string of the molecule is C=CCC(C)NC(=O)c1cc(O)ccc1O. The van der Waals surface area contributed by atoms with Crippen molar-refractivity contribution in [2.24, 2.45) is 0 Å². The number of nitrogens with one attached hydrogen (secondary N) is 1. The second-order valence-corrected chi connectivity index (χ2v) is 3.60. The van der Waals surface area contributed by atoms with Crippen LogP contribution in [-0.2, 0) is 0 Å². The third-order valence-electron chi connectivity index (χ3n) is 2.12. The van der Waals surface area contributed by atoms with Crippen LogP contribution in [0.25, 0.3) is 0 Å². The van der Waals surface area contributed by atoms with Crippen molar-refractivity contribution in [1.29, 1.82) is 0 Å². The first kappa shape index (κ1) is 12.1. The Kier molecular flexibility index (Phi) is 3.94. The molecule has 0 bridgehead atoms. The highest BCUT2D eigenvalue weighted by Gasteiger charge is 2.13. The summed E-state index contributed by atoms with van der Waals surface area (Å²) in [7, 11) is 0. The van der Waals surface area contributed by atoms with Crippen LogP contribution >= 0.6 is 0 Å². The molecule has 0 fully saturated rings. The third-order valence-corrected chi connectivity index (χ3v) is 2.12. The summed E-state index contributed by atoms with van der Waals surface area (Å²) < 4.78 is 0. The van der Waals surface area contributed by atoms with Gasteiger partial charge in [-0.2, -0.15) is 0 Å². The molecule has 4 nitrogen and oxygen atoms in total. The Morgan fingerprint density at radius 3 is 2.88 bits per heavy atom. The van der Waals surface area contributed by atoms with E-state index in [1.54, 1.807) is 6.08 Å². The van der Waals surface area contributed by atoms with Gasteiger partial charge in [0.25, 0.3) is 5.91 Å². The summed E-state index contributed by atoms with van der Waals surface area (Å²) in [6, 6.07) is 3.76. The molecule has 0 aromatic heterocycles. The van der Waals surface area contributed by atoms with Crippen molar-refractivity contribution in [3.8, 4) is 11.5 Å². The average Bonchev–Trinajstić information content (AvgIpc) is 2.21. The molecule has 0 aliphatic carbocycles. The molecule has 16 heavy (non-hydrogen) atoms. The monoisotopic (exact) mass is 221 g/mol. The van der Waals surface area contributed by atoms with Gasteiger partial charge in [0.15, 0.2) is 0 Å². The second-order valence-electron chi connectivity index (χ2n) is 3.60. The molecule has 1 rings (SSSR count). The van der Waals surface area contributed by atoms with Crippen LogP contribution in [0.3, 0.4) is 0 Å². The molecule has 1 aromatic rings. The molecule has 0 heterocycles. The molecule has 1 unspecified atom stereocenters.